The molecule has 0 heterocycles. The van der Waals surface area contributed by atoms with Gasteiger partial charge in [-0.05, 0) is 12.8 Å². The Bertz CT molecular complexity index is 417. The van der Waals surface area contributed by atoms with Crippen molar-refractivity contribution in [2.45, 2.75) is 135 Å². The maximum atomic E-state index is 11.5. The number of rotatable bonds is 21. The van der Waals surface area contributed by atoms with E-state index in [1.807, 2.05) is 12.4 Å². The molecule has 0 aliphatic heterocycles. The zero-order chi connectivity index (χ0) is 21.1. The van der Waals surface area contributed by atoms with E-state index in [0.29, 0.717) is 0 Å². The van der Waals surface area contributed by atoms with Crippen LogP contribution in [0.25, 0.3) is 0 Å². The zero-order valence-electron chi connectivity index (χ0n) is 19.1. The summed E-state index contributed by atoms with van der Waals surface area (Å²) in [6.45, 7) is 4.47. The molecule has 0 fully saturated rings. The molecule has 0 aromatic rings. The summed E-state index contributed by atoms with van der Waals surface area (Å²) in [4.78, 5) is 0. The summed E-state index contributed by atoms with van der Waals surface area (Å²) < 4.78 is 34.5. The summed E-state index contributed by atoms with van der Waals surface area (Å²) in [5, 5.41) is 2.02. The third-order valence-electron chi connectivity index (χ3n) is 6.13. The highest BCUT2D eigenvalue weighted by Crippen LogP contribution is 2.22. The first-order valence-corrected chi connectivity index (χ1v) is 13.7. The standard InChI is InChI=1S/C23H49NO3S/c1-4-6-8-10-12-14-16-18-20-23(24-3,22-28(25,26)27)21-19-17-15-13-11-9-7-5-2/h24H,4-22H2,1-3H3,(H,25,26,27). The van der Waals surface area contributed by atoms with E-state index in [9.17, 15) is 13.0 Å². The lowest BCUT2D eigenvalue weighted by Crippen LogP contribution is -2.95. The molecule has 170 valence electrons. The van der Waals surface area contributed by atoms with Crippen molar-refractivity contribution >= 4 is 10.1 Å². The Morgan fingerprint density at radius 3 is 1.25 bits per heavy atom. The van der Waals surface area contributed by atoms with E-state index in [2.05, 4.69) is 13.8 Å². The van der Waals surface area contributed by atoms with Gasteiger partial charge in [0, 0.05) is 12.8 Å². The highest BCUT2D eigenvalue weighted by molar-refractivity contribution is 7.85. The molecular weight excluding hydrogens is 370 g/mol. The Hall–Kier alpha value is -0.130. The highest BCUT2D eigenvalue weighted by atomic mass is 32.2. The summed E-state index contributed by atoms with van der Waals surface area (Å²) in [5.74, 6) is -0.219. The molecule has 0 aromatic heterocycles. The van der Waals surface area contributed by atoms with E-state index in [1.54, 1.807) is 0 Å². The minimum absolute atomic E-state index is 0.219. The van der Waals surface area contributed by atoms with Gasteiger partial charge in [0.1, 0.15) is 15.7 Å². The maximum absolute atomic E-state index is 11.5. The van der Waals surface area contributed by atoms with Crippen LogP contribution >= 0.6 is 0 Å². The van der Waals surface area contributed by atoms with E-state index in [4.69, 9.17) is 0 Å². The third-order valence-corrected chi connectivity index (χ3v) is 7.06. The van der Waals surface area contributed by atoms with Crippen molar-refractivity contribution in [2.75, 3.05) is 12.8 Å². The van der Waals surface area contributed by atoms with Gasteiger partial charge in [-0.2, -0.15) is 0 Å². The third kappa shape index (κ3) is 16.8. The van der Waals surface area contributed by atoms with Crippen molar-refractivity contribution in [2.24, 2.45) is 0 Å². The summed E-state index contributed by atoms with van der Waals surface area (Å²) in [6, 6.07) is 0. The molecule has 0 rings (SSSR count). The molecule has 0 unspecified atom stereocenters. The molecule has 0 aliphatic rings. The number of unbranched alkanes of at least 4 members (excludes halogenated alkanes) is 14. The second kappa shape index (κ2) is 17.7. The van der Waals surface area contributed by atoms with E-state index in [1.165, 1.54) is 77.0 Å². The van der Waals surface area contributed by atoms with Crippen LogP contribution in [0.15, 0.2) is 0 Å². The zero-order valence-corrected chi connectivity index (χ0v) is 20.0. The van der Waals surface area contributed by atoms with Gasteiger partial charge in [0.25, 0.3) is 0 Å². The molecular formula is C23H49NO3S. The van der Waals surface area contributed by atoms with Crippen LogP contribution in [0.5, 0.6) is 0 Å². The molecule has 2 N–H and O–H groups in total. The van der Waals surface area contributed by atoms with Crippen LogP contribution in [0.2, 0.25) is 0 Å². The van der Waals surface area contributed by atoms with Gasteiger partial charge < -0.3 is 9.87 Å². The molecule has 0 saturated carbocycles. The number of hydrogen-bond acceptors (Lipinski definition) is 3. The first-order chi connectivity index (χ1) is 13.4. The summed E-state index contributed by atoms with van der Waals surface area (Å²) in [6.07, 6.45) is 21.6. The normalized spacial score (nSPS) is 12.6. The van der Waals surface area contributed by atoms with Crippen LogP contribution in [-0.2, 0) is 10.1 Å². The number of hydrogen-bond donors (Lipinski definition) is 1. The highest BCUT2D eigenvalue weighted by Gasteiger charge is 2.33. The molecule has 0 spiro atoms. The van der Waals surface area contributed by atoms with Crippen LogP contribution in [0, 0.1) is 0 Å². The van der Waals surface area contributed by atoms with Gasteiger partial charge in [-0.1, -0.05) is 104 Å². The van der Waals surface area contributed by atoms with Crippen molar-refractivity contribution in [3.8, 4) is 0 Å². The molecule has 0 aromatic carbocycles. The lowest BCUT2D eigenvalue weighted by Gasteiger charge is -2.31. The van der Waals surface area contributed by atoms with E-state index >= 15 is 0 Å². The molecule has 0 bridgehead atoms. The Kier molecular flexibility index (Phi) is 17.6. The Balaban J connectivity index is 4.22. The van der Waals surface area contributed by atoms with Crippen molar-refractivity contribution in [3.05, 3.63) is 0 Å². The number of nitrogens with two attached hydrogens (primary N) is 1. The van der Waals surface area contributed by atoms with Gasteiger partial charge in [0.2, 0.25) is 0 Å². The van der Waals surface area contributed by atoms with Gasteiger partial charge in [-0.3, -0.25) is 0 Å². The molecule has 0 atom stereocenters. The molecule has 0 amide bonds. The molecule has 28 heavy (non-hydrogen) atoms. The lowest BCUT2D eigenvalue weighted by atomic mass is 9.88. The van der Waals surface area contributed by atoms with Crippen LogP contribution in [0.1, 0.15) is 129 Å². The fourth-order valence-corrected chi connectivity index (χ4v) is 5.37. The van der Waals surface area contributed by atoms with E-state index in [0.717, 1.165) is 38.5 Å². The fourth-order valence-electron chi connectivity index (χ4n) is 4.22. The lowest BCUT2D eigenvalue weighted by molar-refractivity contribution is -0.701. The number of quaternary nitrogens is 1. The molecule has 5 heteroatoms. The molecule has 0 aliphatic carbocycles. The van der Waals surface area contributed by atoms with Crippen LogP contribution < -0.4 is 5.32 Å². The molecule has 4 nitrogen and oxygen atoms in total. The van der Waals surface area contributed by atoms with Crippen molar-refractivity contribution in [3.63, 3.8) is 0 Å². The topological polar surface area (TPSA) is 73.8 Å². The van der Waals surface area contributed by atoms with Crippen LogP contribution in [0.4, 0.5) is 0 Å². The minimum Gasteiger partial charge on any atom is -0.748 e. The average molecular weight is 420 g/mol. The summed E-state index contributed by atoms with van der Waals surface area (Å²) in [7, 11) is -2.25. The predicted molar refractivity (Wildman–Crippen MR) is 120 cm³/mol. The Morgan fingerprint density at radius 2 is 0.964 bits per heavy atom. The second-order valence-corrected chi connectivity index (χ2v) is 10.2. The first-order valence-electron chi connectivity index (χ1n) is 12.1. The second-order valence-electron chi connectivity index (χ2n) is 8.80. The predicted octanol–water partition coefficient (Wildman–Crippen LogP) is 5.53. The average Bonchev–Trinajstić information content (AvgIpc) is 2.64. The smallest absolute Gasteiger partial charge is 0.109 e. The summed E-state index contributed by atoms with van der Waals surface area (Å²) in [5.41, 5.74) is -0.412. The quantitative estimate of drug-likeness (QED) is 0.196. The van der Waals surface area contributed by atoms with Gasteiger partial charge in [0.05, 0.1) is 12.8 Å². The Labute approximate surface area is 176 Å². The Morgan fingerprint density at radius 1 is 0.643 bits per heavy atom. The largest absolute Gasteiger partial charge is 0.748 e. The SMILES string of the molecule is CCCCCCCCCCC(CCCCCCCCCC)(CS(=O)(=O)[O-])[NH2+]C. The minimum atomic E-state index is -4.19. The molecule has 0 radical (unpaired) electrons. The van der Waals surface area contributed by atoms with Crippen molar-refractivity contribution in [1.29, 1.82) is 0 Å². The monoisotopic (exact) mass is 419 g/mol. The van der Waals surface area contributed by atoms with Gasteiger partial charge in [-0.15, -0.1) is 0 Å². The molecule has 0 saturated heterocycles. The van der Waals surface area contributed by atoms with Crippen molar-refractivity contribution < 1.29 is 18.3 Å². The maximum Gasteiger partial charge on any atom is 0.109 e. The van der Waals surface area contributed by atoms with Gasteiger partial charge in [-0.25, -0.2) is 8.42 Å². The van der Waals surface area contributed by atoms with Gasteiger partial charge >= 0.3 is 0 Å². The fraction of sp³-hybridized carbons (Fsp3) is 1.00. The first kappa shape index (κ1) is 27.9. The van der Waals surface area contributed by atoms with Crippen molar-refractivity contribution in [1.82, 2.24) is 0 Å². The van der Waals surface area contributed by atoms with Crippen LogP contribution in [-0.4, -0.2) is 31.3 Å². The van der Waals surface area contributed by atoms with Crippen LogP contribution in [0.3, 0.4) is 0 Å². The van der Waals surface area contributed by atoms with E-state index < -0.39 is 15.7 Å². The van der Waals surface area contributed by atoms with E-state index in [-0.39, 0.29) is 5.75 Å². The summed E-state index contributed by atoms with van der Waals surface area (Å²) >= 11 is 0. The van der Waals surface area contributed by atoms with Gasteiger partial charge in [0.15, 0.2) is 0 Å².